The van der Waals surface area contributed by atoms with Crippen molar-refractivity contribution in [1.82, 2.24) is 5.32 Å². The van der Waals surface area contributed by atoms with Gasteiger partial charge in [-0.2, -0.15) is 11.8 Å². The van der Waals surface area contributed by atoms with E-state index in [-0.39, 0.29) is 17.6 Å². The average Bonchev–Trinajstić information content (AvgIpc) is 2.26. The standard InChI is InChI=1S/C13H19F2NS/c1-4-17-8-9(2)16-10(3)13-11(14)6-5-7-12(13)15/h5-7,9-10,16H,4,8H2,1-3H3. The first-order valence-corrected chi connectivity index (χ1v) is 6.99. The fourth-order valence-electron chi connectivity index (χ4n) is 1.78. The van der Waals surface area contributed by atoms with Crippen LogP contribution in [0.4, 0.5) is 8.78 Å². The van der Waals surface area contributed by atoms with Crippen molar-refractivity contribution in [3.05, 3.63) is 35.4 Å². The van der Waals surface area contributed by atoms with E-state index in [1.807, 2.05) is 18.7 Å². The third-order valence-electron chi connectivity index (χ3n) is 2.54. The molecule has 0 bridgehead atoms. The zero-order chi connectivity index (χ0) is 12.8. The number of thioether (sulfide) groups is 1. The molecule has 0 heterocycles. The maximum Gasteiger partial charge on any atom is 0.130 e. The highest BCUT2D eigenvalue weighted by Gasteiger charge is 2.17. The van der Waals surface area contributed by atoms with E-state index >= 15 is 0 Å². The quantitative estimate of drug-likeness (QED) is 0.835. The van der Waals surface area contributed by atoms with Gasteiger partial charge in [-0.25, -0.2) is 8.78 Å². The Morgan fingerprint density at radius 3 is 2.35 bits per heavy atom. The smallest absolute Gasteiger partial charge is 0.130 e. The Balaban J connectivity index is 2.66. The Bertz CT molecular complexity index is 337. The van der Waals surface area contributed by atoms with Gasteiger partial charge >= 0.3 is 0 Å². The van der Waals surface area contributed by atoms with Gasteiger partial charge in [-0.1, -0.05) is 13.0 Å². The van der Waals surface area contributed by atoms with Crippen LogP contribution in [0.5, 0.6) is 0 Å². The predicted molar refractivity (Wildman–Crippen MR) is 70.4 cm³/mol. The molecule has 0 spiro atoms. The summed E-state index contributed by atoms with van der Waals surface area (Å²) in [6.07, 6.45) is 0. The number of hydrogen-bond donors (Lipinski definition) is 1. The molecule has 0 amide bonds. The molecule has 0 saturated heterocycles. The lowest BCUT2D eigenvalue weighted by Gasteiger charge is -2.20. The lowest BCUT2D eigenvalue weighted by molar-refractivity contribution is 0.460. The number of nitrogens with one attached hydrogen (secondary N) is 1. The summed E-state index contributed by atoms with van der Waals surface area (Å²) in [4.78, 5) is 0. The average molecular weight is 259 g/mol. The van der Waals surface area contributed by atoms with E-state index in [4.69, 9.17) is 0 Å². The molecule has 0 aliphatic carbocycles. The maximum absolute atomic E-state index is 13.5. The van der Waals surface area contributed by atoms with Crippen LogP contribution in [-0.4, -0.2) is 17.5 Å². The molecule has 1 nitrogen and oxygen atoms in total. The molecule has 0 fully saturated rings. The van der Waals surface area contributed by atoms with Gasteiger partial charge in [0.2, 0.25) is 0 Å². The zero-order valence-electron chi connectivity index (χ0n) is 10.5. The highest BCUT2D eigenvalue weighted by molar-refractivity contribution is 7.99. The van der Waals surface area contributed by atoms with Crippen molar-refractivity contribution >= 4 is 11.8 Å². The van der Waals surface area contributed by atoms with Crippen molar-refractivity contribution in [2.75, 3.05) is 11.5 Å². The summed E-state index contributed by atoms with van der Waals surface area (Å²) in [5.41, 5.74) is 0.126. The van der Waals surface area contributed by atoms with Crippen molar-refractivity contribution in [1.29, 1.82) is 0 Å². The Hall–Kier alpha value is -0.610. The summed E-state index contributed by atoms with van der Waals surface area (Å²) < 4.78 is 27.0. The second-order valence-corrected chi connectivity index (χ2v) is 5.40. The number of rotatable bonds is 6. The van der Waals surface area contributed by atoms with E-state index in [1.165, 1.54) is 18.2 Å². The fraction of sp³-hybridized carbons (Fsp3) is 0.538. The molecule has 96 valence electrons. The molecule has 0 aliphatic heterocycles. The maximum atomic E-state index is 13.5. The Morgan fingerprint density at radius 1 is 1.24 bits per heavy atom. The monoisotopic (exact) mass is 259 g/mol. The SMILES string of the molecule is CCSCC(C)NC(C)c1c(F)cccc1F. The fourth-order valence-corrected chi connectivity index (χ4v) is 2.46. The van der Waals surface area contributed by atoms with Crippen molar-refractivity contribution in [3.8, 4) is 0 Å². The molecule has 0 radical (unpaired) electrons. The van der Waals surface area contributed by atoms with Crippen LogP contribution in [0.2, 0.25) is 0 Å². The first-order valence-electron chi connectivity index (χ1n) is 5.84. The van der Waals surface area contributed by atoms with Gasteiger partial charge in [-0.15, -0.1) is 0 Å². The van der Waals surface area contributed by atoms with Crippen LogP contribution < -0.4 is 5.32 Å². The molecule has 0 aromatic heterocycles. The van der Waals surface area contributed by atoms with Gasteiger partial charge in [0, 0.05) is 23.4 Å². The highest BCUT2D eigenvalue weighted by Crippen LogP contribution is 2.21. The Kier molecular flexibility index (Phi) is 5.92. The van der Waals surface area contributed by atoms with Gasteiger partial charge < -0.3 is 5.32 Å². The molecule has 1 rings (SSSR count). The molecule has 17 heavy (non-hydrogen) atoms. The summed E-state index contributed by atoms with van der Waals surface area (Å²) in [6, 6.07) is 3.89. The van der Waals surface area contributed by atoms with Gasteiger partial charge in [-0.05, 0) is 31.7 Å². The number of benzene rings is 1. The van der Waals surface area contributed by atoms with Gasteiger partial charge in [0.1, 0.15) is 11.6 Å². The minimum atomic E-state index is -0.486. The summed E-state index contributed by atoms with van der Waals surface area (Å²) in [6.45, 7) is 5.91. The molecule has 2 atom stereocenters. The van der Waals surface area contributed by atoms with E-state index in [1.54, 1.807) is 6.92 Å². The van der Waals surface area contributed by atoms with Gasteiger partial charge in [0.15, 0.2) is 0 Å². The number of hydrogen-bond acceptors (Lipinski definition) is 2. The van der Waals surface area contributed by atoms with Crippen molar-refractivity contribution < 1.29 is 8.78 Å². The molecule has 2 unspecified atom stereocenters. The summed E-state index contributed by atoms with van der Waals surface area (Å²) >= 11 is 1.81. The van der Waals surface area contributed by atoms with Crippen molar-refractivity contribution in [3.63, 3.8) is 0 Å². The van der Waals surface area contributed by atoms with Crippen LogP contribution in [0, 0.1) is 11.6 Å². The molecule has 0 aliphatic rings. The third-order valence-corrected chi connectivity index (χ3v) is 3.68. The Labute approximate surface area is 106 Å². The van der Waals surface area contributed by atoms with Crippen LogP contribution in [0.25, 0.3) is 0 Å². The van der Waals surface area contributed by atoms with Crippen LogP contribution in [-0.2, 0) is 0 Å². The Morgan fingerprint density at radius 2 is 1.82 bits per heavy atom. The molecule has 4 heteroatoms. The van der Waals surface area contributed by atoms with E-state index in [0.717, 1.165) is 11.5 Å². The highest BCUT2D eigenvalue weighted by atomic mass is 32.2. The third kappa shape index (κ3) is 4.28. The second-order valence-electron chi connectivity index (χ2n) is 4.08. The van der Waals surface area contributed by atoms with E-state index in [9.17, 15) is 8.78 Å². The van der Waals surface area contributed by atoms with Gasteiger partial charge in [0.25, 0.3) is 0 Å². The summed E-state index contributed by atoms with van der Waals surface area (Å²) in [5.74, 6) is 1.02. The van der Waals surface area contributed by atoms with E-state index < -0.39 is 11.6 Å². The molecular weight excluding hydrogens is 240 g/mol. The van der Waals surface area contributed by atoms with Crippen molar-refractivity contribution in [2.24, 2.45) is 0 Å². The van der Waals surface area contributed by atoms with Crippen molar-refractivity contribution in [2.45, 2.75) is 32.9 Å². The molecule has 1 N–H and O–H groups in total. The van der Waals surface area contributed by atoms with Crippen LogP contribution in [0.3, 0.4) is 0 Å². The van der Waals surface area contributed by atoms with E-state index in [2.05, 4.69) is 12.2 Å². The topological polar surface area (TPSA) is 12.0 Å². The normalized spacial score (nSPS) is 14.6. The largest absolute Gasteiger partial charge is 0.307 e. The first kappa shape index (κ1) is 14.5. The van der Waals surface area contributed by atoms with Gasteiger partial charge in [-0.3, -0.25) is 0 Å². The lowest BCUT2D eigenvalue weighted by atomic mass is 10.1. The van der Waals surface area contributed by atoms with Gasteiger partial charge in [0.05, 0.1) is 0 Å². The number of halogens is 2. The predicted octanol–water partition coefficient (Wildman–Crippen LogP) is 3.76. The minimum Gasteiger partial charge on any atom is -0.307 e. The lowest BCUT2D eigenvalue weighted by Crippen LogP contribution is -2.31. The summed E-state index contributed by atoms with van der Waals surface area (Å²) in [7, 11) is 0. The molecule has 0 saturated carbocycles. The first-order chi connectivity index (χ1) is 8.06. The van der Waals surface area contributed by atoms with Crippen LogP contribution in [0.15, 0.2) is 18.2 Å². The zero-order valence-corrected chi connectivity index (χ0v) is 11.3. The van der Waals surface area contributed by atoms with E-state index in [0.29, 0.717) is 0 Å². The molecular formula is C13H19F2NS. The summed E-state index contributed by atoms with van der Waals surface area (Å²) in [5, 5.41) is 3.21. The van der Waals surface area contributed by atoms with Crippen LogP contribution >= 0.6 is 11.8 Å². The second kappa shape index (κ2) is 6.97. The van der Waals surface area contributed by atoms with Crippen LogP contribution in [0.1, 0.15) is 32.4 Å². The molecule has 1 aromatic rings. The minimum absolute atomic E-state index is 0.126. The molecule has 1 aromatic carbocycles.